The van der Waals surface area contributed by atoms with Crippen LogP contribution in [0.5, 0.6) is 11.5 Å². The van der Waals surface area contributed by atoms with Crippen LogP contribution in [0.15, 0.2) is 17.0 Å². The van der Waals surface area contributed by atoms with E-state index >= 15 is 0 Å². The lowest BCUT2D eigenvalue weighted by atomic mass is 10.2. The molecule has 7 heteroatoms. The molecule has 0 bridgehead atoms. The fourth-order valence-electron chi connectivity index (χ4n) is 2.52. The summed E-state index contributed by atoms with van der Waals surface area (Å²) < 4.78 is 37.4. The summed E-state index contributed by atoms with van der Waals surface area (Å²) in [5.41, 5.74) is 0.606. The summed E-state index contributed by atoms with van der Waals surface area (Å²) >= 11 is 5.90. The summed E-state index contributed by atoms with van der Waals surface area (Å²) in [4.78, 5) is 0.206. The standard InChI is InChI=1S/C14H20ClNO4S/c1-19-13-9-12(8-11(10-15)14(13)20-2)21(17,18)16-6-4-3-5-7-16/h8-9H,3-7,10H2,1-2H3. The number of benzene rings is 1. The zero-order valence-corrected chi connectivity index (χ0v) is 13.8. The van der Waals surface area contributed by atoms with E-state index in [2.05, 4.69) is 0 Å². The molecule has 1 heterocycles. The lowest BCUT2D eigenvalue weighted by Crippen LogP contribution is -2.35. The van der Waals surface area contributed by atoms with Crippen LogP contribution < -0.4 is 9.47 Å². The summed E-state index contributed by atoms with van der Waals surface area (Å²) in [5, 5.41) is 0. The molecule has 0 saturated carbocycles. The van der Waals surface area contributed by atoms with Gasteiger partial charge in [-0.1, -0.05) is 6.42 Å². The number of ether oxygens (including phenoxy) is 2. The van der Waals surface area contributed by atoms with Gasteiger partial charge in [0.1, 0.15) is 0 Å². The zero-order chi connectivity index (χ0) is 15.5. The van der Waals surface area contributed by atoms with Crippen molar-refractivity contribution in [2.75, 3.05) is 27.3 Å². The van der Waals surface area contributed by atoms with Crippen LogP contribution in [-0.2, 0) is 15.9 Å². The molecule has 0 amide bonds. The molecule has 5 nitrogen and oxygen atoms in total. The smallest absolute Gasteiger partial charge is 0.243 e. The molecule has 1 aromatic carbocycles. The Morgan fingerprint density at radius 3 is 2.33 bits per heavy atom. The molecule has 1 aromatic rings. The van der Waals surface area contributed by atoms with E-state index in [9.17, 15) is 8.42 Å². The predicted molar refractivity (Wildman–Crippen MR) is 81.7 cm³/mol. The van der Waals surface area contributed by atoms with E-state index in [1.807, 2.05) is 0 Å². The minimum absolute atomic E-state index is 0.156. The van der Waals surface area contributed by atoms with E-state index in [1.54, 1.807) is 6.07 Å². The molecule has 1 aliphatic heterocycles. The van der Waals surface area contributed by atoms with Gasteiger partial charge in [0.25, 0.3) is 0 Å². The van der Waals surface area contributed by atoms with Crippen molar-refractivity contribution in [1.82, 2.24) is 4.31 Å². The number of alkyl halides is 1. The highest BCUT2D eigenvalue weighted by Crippen LogP contribution is 2.36. The number of methoxy groups -OCH3 is 2. The van der Waals surface area contributed by atoms with Crippen molar-refractivity contribution in [1.29, 1.82) is 0 Å². The molecule has 2 rings (SSSR count). The zero-order valence-electron chi connectivity index (χ0n) is 12.3. The first-order valence-corrected chi connectivity index (χ1v) is 8.83. The topological polar surface area (TPSA) is 55.8 Å². The monoisotopic (exact) mass is 333 g/mol. The average Bonchev–Trinajstić information content (AvgIpc) is 2.54. The average molecular weight is 334 g/mol. The lowest BCUT2D eigenvalue weighted by molar-refractivity contribution is 0.343. The molecule has 1 saturated heterocycles. The van der Waals surface area contributed by atoms with Crippen LogP contribution in [0, 0.1) is 0 Å². The highest BCUT2D eigenvalue weighted by Gasteiger charge is 2.28. The van der Waals surface area contributed by atoms with Crippen LogP contribution in [0.4, 0.5) is 0 Å². The summed E-state index contributed by atoms with van der Waals surface area (Å²) in [6, 6.07) is 3.07. The molecule has 0 N–H and O–H groups in total. The number of hydrogen-bond acceptors (Lipinski definition) is 4. The van der Waals surface area contributed by atoms with Crippen molar-refractivity contribution in [3.63, 3.8) is 0 Å². The van der Waals surface area contributed by atoms with Crippen molar-refractivity contribution < 1.29 is 17.9 Å². The van der Waals surface area contributed by atoms with Crippen LogP contribution in [0.2, 0.25) is 0 Å². The molecule has 21 heavy (non-hydrogen) atoms. The molecule has 0 unspecified atom stereocenters. The molecule has 0 spiro atoms. The first-order chi connectivity index (χ1) is 10.0. The van der Waals surface area contributed by atoms with Gasteiger partial charge in [-0.25, -0.2) is 8.42 Å². The largest absolute Gasteiger partial charge is 0.493 e. The molecule has 1 fully saturated rings. The maximum absolute atomic E-state index is 12.7. The first-order valence-electron chi connectivity index (χ1n) is 6.85. The molecule has 0 atom stereocenters. The number of halogens is 1. The second kappa shape index (κ2) is 6.85. The first kappa shape index (κ1) is 16.4. The summed E-state index contributed by atoms with van der Waals surface area (Å²) in [6.07, 6.45) is 2.87. The Hall–Kier alpha value is -0.980. The van der Waals surface area contributed by atoms with Crippen molar-refractivity contribution in [2.45, 2.75) is 30.0 Å². The minimum Gasteiger partial charge on any atom is -0.493 e. The summed E-state index contributed by atoms with van der Waals surface area (Å²) in [7, 11) is -0.527. The van der Waals surface area contributed by atoms with E-state index in [0.29, 0.717) is 30.2 Å². The number of nitrogens with zero attached hydrogens (tertiary/aromatic N) is 1. The van der Waals surface area contributed by atoms with Crippen LogP contribution >= 0.6 is 11.6 Å². The molecular formula is C14H20ClNO4S. The van der Waals surface area contributed by atoms with Gasteiger partial charge in [-0.05, 0) is 18.9 Å². The van der Waals surface area contributed by atoms with Gasteiger partial charge in [-0.15, -0.1) is 11.6 Å². The van der Waals surface area contributed by atoms with Crippen LogP contribution in [0.25, 0.3) is 0 Å². The van der Waals surface area contributed by atoms with E-state index in [0.717, 1.165) is 19.3 Å². The fraction of sp³-hybridized carbons (Fsp3) is 0.571. The number of hydrogen-bond donors (Lipinski definition) is 0. The fourth-order valence-corrected chi connectivity index (χ4v) is 4.30. The molecule has 1 aliphatic rings. The van der Waals surface area contributed by atoms with E-state index in [-0.39, 0.29) is 10.8 Å². The van der Waals surface area contributed by atoms with E-state index in [4.69, 9.17) is 21.1 Å². The molecule has 0 aromatic heterocycles. The molecule has 0 aliphatic carbocycles. The molecule has 0 radical (unpaired) electrons. The van der Waals surface area contributed by atoms with Crippen molar-refractivity contribution in [3.05, 3.63) is 17.7 Å². The molecular weight excluding hydrogens is 314 g/mol. The number of sulfonamides is 1. The van der Waals surface area contributed by atoms with E-state index in [1.165, 1.54) is 24.6 Å². The Morgan fingerprint density at radius 2 is 1.81 bits per heavy atom. The normalized spacial score (nSPS) is 16.7. The van der Waals surface area contributed by atoms with Crippen LogP contribution in [-0.4, -0.2) is 40.0 Å². The highest BCUT2D eigenvalue weighted by molar-refractivity contribution is 7.89. The van der Waals surface area contributed by atoms with Crippen LogP contribution in [0.3, 0.4) is 0 Å². The maximum atomic E-state index is 12.7. The third kappa shape index (κ3) is 3.27. The predicted octanol–water partition coefficient (Wildman–Crippen LogP) is 2.62. The Morgan fingerprint density at radius 1 is 1.14 bits per heavy atom. The summed E-state index contributed by atoms with van der Waals surface area (Å²) in [6.45, 7) is 1.12. The third-order valence-electron chi connectivity index (χ3n) is 3.63. The third-order valence-corrected chi connectivity index (χ3v) is 5.79. The van der Waals surface area contributed by atoms with Gasteiger partial charge in [0.05, 0.1) is 25.0 Å². The Balaban J connectivity index is 2.47. The van der Waals surface area contributed by atoms with Gasteiger partial charge in [0.2, 0.25) is 10.0 Å². The van der Waals surface area contributed by atoms with Gasteiger partial charge in [0.15, 0.2) is 11.5 Å². The van der Waals surface area contributed by atoms with Gasteiger partial charge in [-0.3, -0.25) is 0 Å². The second-order valence-electron chi connectivity index (χ2n) is 4.92. The van der Waals surface area contributed by atoms with Crippen molar-refractivity contribution in [3.8, 4) is 11.5 Å². The Kier molecular flexibility index (Phi) is 5.35. The number of piperidine rings is 1. The maximum Gasteiger partial charge on any atom is 0.243 e. The van der Waals surface area contributed by atoms with Gasteiger partial charge >= 0.3 is 0 Å². The quantitative estimate of drug-likeness (QED) is 0.777. The van der Waals surface area contributed by atoms with Crippen molar-refractivity contribution in [2.24, 2.45) is 0 Å². The SMILES string of the molecule is COc1cc(S(=O)(=O)N2CCCCC2)cc(CCl)c1OC. The Bertz CT molecular complexity index is 572. The second-order valence-corrected chi connectivity index (χ2v) is 7.12. The lowest BCUT2D eigenvalue weighted by Gasteiger charge is -2.26. The van der Waals surface area contributed by atoms with Crippen molar-refractivity contribution >= 4 is 21.6 Å². The van der Waals surface area contributed by atoms with E-state index < -0.39 is 10.0 Å². The van der Waals surface area contributed by atoms with Crippen LogP contribution in [0.1, 0.15) is 24.8 Å². The highest BCUT2D eigenvalue weighted by atomic mass is 35.5. The minimum atomic E-state index is -3.51. The molecule has 118 valence electrons. The van der Waals surface area contributed by atoms with Gasteiger partial charge in [-0.2, -0.15) is 4.31 Å². The number of rotatable bonds is 5. The van der Waals surface area contributed by atoms with Gasteiger partial charge in [0, 0.05) is 24.7 Å². The summed E-state index contributed by atoms with van der Waals surface area (Å²) in [5.74, 6) is 1.01. The van der Waals surface area contributed by atoms with Gasteiger partial charge < -0.3 is 9.47 Å². The Labute approximate surface area is 130 Å².